The Balaban J connectivity index is 2.74. The SMILES string of the molecule is CCCC(CCO)CNc1nc(Cl)ncc1[N+](=O)[O-]. The van der Waals surface area contributed by atoms with E-state index in [2.05, 4.69) is 15.3 Å². The summed E-state index contributed by atoms with van der Waals surface area (Å²) >= 11 is 5.63. The van der Waals surface area contributed by atoms with Crippen molar-refractivity contribution in [1.29, 1.82) is 0 Å². The third-order valence-corrected chi connectivity index (χ3v) is 2.91. The molecule has 1 aromatic rings. The number of nitrogens with zero attached hydrogens (tertiary/aromatic N) is 3. The molecular weight excluding hydrogens is 272 g/mol. The van der Waals surface area contributed by atoms with Gasteiger partial charge >= 0.3 is 5.69 Å². The summed E-state index contributed by atoms with van der Waals surface area (Å²) in [7, 11) is 0. The first-order valence-electron chi connectivity index (χ1n) is 6.10. The Hall–Kier alpha value is -1.47. The van der Waals surface area contributed by atoms with Gasteiger partial charge in [-0.3, -0.25) is 10.1 Å². The second-order valence-corrected chi connectivity index (χ2v) is 4.52. The van der Waals surface area contributed by atoms with Gasteiger partial charge in [0.1, 0.15) is 6.20 Å². The van der Waals surface area contributed by atoms with Crippen LogP contribution < -0.4 is 5.32 Å². The Morgan fingerprint density at radius 1 is 1.58 bits per heavy atom. The van der Waals surface area contributed by atoms with E-state index in [9.17, 15) is 10.1 Å². The molecule has 0 saturated carbocycles. The smallest absolute Gasteiger partial charge is 0.329 e. The van der Waals surface area contributed by atoms with E-state index in [1.54, 1.807) is 0 Å². The highest BCUT2D eigenvalue weighted by Crippen LogP contribution is 2.23. The van der Waals surface area contributed by atoms with Crippen molar-refractivity contribution in [2.24, 2.45) is 5.92 Å². The highest BCUT2D eigenvalue weighted by Gasteiger charge is 2.17. The van der Waals surface area contributed by atoms with Crippen molar-refractivity contribution < 1.29 is 10.0 Å². The van der Waals surface area contributed by atoms with Crippen LogP contribution in [0.25, 0.3) is 0 Å². The summed E-state index contributed by atoms with van der Waals surface area (Å²) < 4.78 is 0. The molecule has 0 aliphatic carbocycles. The largest absolute Gasteiger partial charge is 0.396 e. The molecule has 1 atom stereocenters. The van der Waals surface area contributed by atoms with E-state index in [0.717, 1.165) is 19.0 Å². The van der Waals surface area contributed by atoms with Gasteiger partial charge in [-0.2, -0.15) is 4.98 Å². The average molecular weight is 289 g/mol. The van der Waals surface area contributed by atoms with Crippen LogP contribution in [0.5, 0.6) is 0 Å². The van der Waals surface area contributed by atoms with Crippen molar-refractivity contribution in [3.8, 4) is 0 Å². The molecule has 0 aliphatic rings. The van der Waals surface area contributed by atoms with Crippen LogP contribution in [0, 0.1) is 16.0 Å². The van der Waals surface area contributed by atoms with Gasteiger partial charge in [0.05, 0.1) is 4.92 Å². The van der Waals surface area contributed by atoms with Crippen molar-refractivity contribution in [2.75, 3.05) is 18.5 Å². The number of hydrogen-bond acceptors (Lipinski definition) is 6. The molecule has 0 saturated heterocycles. The molecule has 1 unspecified atom stereocenters. The summed E-state index contributed by atoms with van der Waals surface area (Å²) in [6.07, 6.45) is 3.64. The molecule has 0 amide bonds. The van der Waals surface area contributed by atoms with Crippen molar-refractivity contribution in [2.45, 2.75) is 26.2 Å². The maximum atomic E-state index is 10.8. The summed E-state index contributed by atoms with van der Waals surface area (Å²) in [5.41, 5.74) is -0.205. The van der Waals surface area contributed by atoms with E-state index in [-0.39, 0.29) is 29.3 Å². The topological polar surface area (TPSA) is 101 Å². The summed E-state index contributed by atoms with van der Waals surface area (Å²) in [5.74, 6) is 0.354. The lowest BCUT2D eigenvalue weighted by atomic mass is 10.0. The number of hydrogen-bond donors (Lipinski definition) is 2. The van der Waals surface area contributed by atoms with Gasteiger partial charge in [0.2, 0.25) is 11.1 Å². The predicted octanol–water partition coefficient (Wildman–Crippen LogP) is 2.25. The fourth-order valence-corrected chi connectivity index (χ4v) is 1.93. The second-order valence-electron chi connectivity index (χ2n) is 4.18. The van der Waals surface area contributed by atoms with Gasteiger partial charge in [-0.15, -0.1) is 0 Å². The molecule has 19 heavy (non-hydrogen) atoms. The number of halogens is 1. The number of aliphatic hydroxyl groups excluding tert-OH is 1. The zero-order valence-corrected chi connectivity index (χ0v) is 11.4. The maximum absolute atomic E-state index is 10.8. The van der Waals surface area contributed by atoms with Crippen molar-refractivity contribution in [3.05, 3.63) is 21.6 Å². The van der Waals surface area contributed by atoms with E-state index in [1.165, 1.54) is 0 Å². The molecular formula is C11H17ClN4O3. The molecule has 0 bridgehead atoms. The average Bonchev–Trinajstić information content (AvgIpc) is 2.36. The zero-order chi connectivity index (χ0) is 14.3. The third kappa shape index (κ3) is 4.96. The third-order valence-electron chi connectivity index (χ3n) is 2.73. The lowest BCUT2D eigenvalue weighted by Gasteiger charge is -2.15. The minimum absolute atomic E-state index is 0.0395. The molecule has 1 rings (SSSR count). The van der Waals surface area contributed by atoms with Gasteiger partial charge in [0.25, 0.3) is 0 Å². The predicted molar refractivity (Wildman–Crippen MR) is 72.3 cm³/mol. The minimum atomic E-state index is -0.556. The number of anilines is 1. The van der Waals surface area contributed by atoms with Gasteiger partial charge in [0, 0.05) is 13.2 Å². The first-order valence-corrected chi connectivity index (χ1v) is 6.48. The first kappa shape index (κ1) is 15.6. The molecule has 106 valence electrons. The van der Waals surface area contributed by atoms with Crippen LogP contribution in [-0.4, -0.2) is 33.1 Å². The molecule has 0 spiro atoms. The van der Waals surface area contributed by atoms with E-state index < -0.39 is 4.92 Å². The number of nitro groups is 1. The lowest BCUT2D eigenvalue weighted by molar-refractivity contribution is -0.384. The monoisotopic (exact) mass is 288 g/mol. The molecule has 1 aromatic heterocycles. The van der Waals surface area contributed by atoms with Gasteiger partial charge in [-0.05, 0) is 30.4 Å². The van der Waals surface area contributed by atoms with E-state index in [4.69, 9.17) is 16.7 Å². The second kappa shape index (κ2) is 7.85. The molecule has 2 N–H and O–H groups in total. The molecule has 0 radical (unpaired) electrons. The Morgan fingerprint density at radius 3 is 2.89 bits per heavy atom. The highest BCUT2D eigenvalue weighted by atomic mass is 35.5. The number of nitrogens with one attached hydrogen (secondary N) is 1. The van der Waals surface area contributed by atoms with Crippen LogP contribution >= 0.6 is 11.6 Å². The van der Waals surface area contributed by atoms with Crippen LogP contribution in [0.15, 0.2) is 6.20 Å². The number of aliphatic hydroxyl groups is 1. The van der Waals surface area contributed by atoms with Gasteiger partial charge < -0.3 is 10.4 Å². The first-order chi connectivity index (χ1) is 9.08. The standard InChI is InChI=1S/C11H17ClN4O3/c1-2-3-8(4-5-17)6-13-10-9(16(18)19)7-14-11(12)15-10/h7-8,17H,2-6H2,1H3,(H,13,14,15). The fourth-order valence-electron chi connectivity index (χ4n) is 1.80. The molecule has 1 heterocycles. The Labute approximate surface area is 116 Å². The Kier molecular flexibility index (Phi) is 6.44. The minimum Gasteiger partial charge on any atom is -0.396 e. The summed E-state index contributed by atoms with van der Waals surface area (Å²) in [6, 6.07) is 0. The van der Waals surface area contributed by atoms with Crippen LogP contribution in [0.1, 0.15) is 26.2 Å². The van der Waals surface area contributed by atoms with Gasteiger partial charge in [-0.25, -0.2) is 4.98 Å². The van der Waals surface area contributed by atoms with Crippen LogP contribution in [0.3, 0.4) is 0 Å². The summed E-state index contributed by atoms with van der Waals surface area (Å²) in [4.78, 5) is 17.7. The van der Waals surface area contributed by atoms with Gasteiger partial charge in [-0.1, -0.05) is 13.3 Å². The quantitative estimate of drug-likeness (QED) is 0.432. The van der Waals surface area contributed by atoms with E-state index >= 15 is 0 Å². The maximum Gasteiger partial charge on any atom is 0.329 e. The molecule has 0 aromatic carbocycles. The van der Waals surface area contributed by atoms with E-state index in [0.29, 0.717) is 13.0 Å². The zero-order valence-electron chi connectivity index (χ0n) is 10.7. The van der Waals surface area contributed by atoms with Crippen LogP contribution in [-0.2, 0) is 0 Å². The molecule has 8 heteroatoms. The normalized spacial score (nSPS) is 12.2. The molecule has 0 aliphatic heterocycles. The Morgan fingerprint density at radius 2 is 2.32 bits per heavy atom. The van der Waals surface area contributed by atoms with Crippen molar-refractivity contribution in [3.63, 3.8) is 0 Å². The highest BCUT2D eigenvalue weighted by molar-refractivity contribution is 6.28. The molecule has 7 nitrogen and oxygen atoms in total. The van der Waals surface area contributed by atoms with Crippen LogP contribution in [0.2, 0.25) is 5.28 Å². The van der Waals surface area contributed by atoms with Gasteiger partial charge in [0.15, 0.2) is 0 Å². The van der Waals surface area contributed by atoms with E-state index in [1.807, 2.05) is 6.92 Å². The van der Waals surface area contributed by atoms with Crippen molar-refractivity contribution >= 4 is 23.1 Å². The van der Waals surface area contributed by atoms with Crippen LogP contribution in [0.4, 0.5) is 11.5 Å². The van der Waals surface area contributed by atoms with Crippen molar-refractivity contribution in [1.82, 2.24) is 9.97 Å². The summed E-state index contributed by atoms with van der Waals surface area (Å²) in [6.45, 7) is 2.65. The lowest BCUT2D eigenvalue weighted by Crippen LogP contribution is -2.17. The summed E-state index contributed by atoms with van der Waals surface area (Å²) in [5, 5.41) is 22.7. The number of aromatic nitrogens is 2. The molecule has 0 fully saturated rings. The fraction of sp³-hybridized carbons (Fsp3) is 0.636. The number of rotatable bonds is 8. The Bertz CT molecular complexity index is 424.